The van der Waals surface area contributed by atoms with Crippen LogP contribution in [0.15, 0.2) is 0 Å². The minimum absolute atomic E-state index is 0.218. The van der Waals surface area contributed by atoms with Gasteiger partial charge in [0.25, 0.3) is 0 Å². The average molecular weight is 283 g/mol. The zero-order valence-electron chi connectivity index (χ0n) is 12.4. The molecule has 1 amide bonds. The van der Waals surface area contributed by atoms with Gasteiger partial charge in [-0.05, 0) is 37.5 Å². The Bertz CT molecular complexity index is 357. The number of carbonyl (C=O) groups excluding carboxylic acids is 1. The smallest absolute Gasteiger partial charge is 0.303 e. The van der Waals surface area contributed by atoms with Crippen LogP contribution >= 0.6 is 0 Å². The van der Waals surface area contributed by atoms with Gasteiger partial charge in [-0.25, -0.2) is 0 Å². The predicted octanol–water partition coefficient (Wildman–Crippen LogP) is 1.90. The van der Waals surface area contributed by atoms with Gasteiger partial charge in [0.15, 0.2) is 0 Å². The van der Waals surface area contributed by atoms with Crippen molar-refractivity contribution in [3.05, 3.63) is 0 Å². The molecule has 0 spiro atoms. The van der Waals surface area contributed by atoms with Crippen LogP contribution in [0.5, 0.6) is 0 Å². The molecular weight excluding hydrogens is 258 g/mol. The van der Waals surface area contributed by atoms with E-state index >= 15 is 0 Å². The fourth-order valence-corrected chi connectivity index (χ4v) is 3.86. The minimum atomic E-state index is -0.720. The van der Waals surface area contributed by atoms with Gasteiger partial charge >= 0.3 is 5.97 Å². The molecule has 2 aliphatic heterocycles. The van der Waals surface area contributed by atoms with E-state index in [1.807, 2.05) is 11.8 Å². The van der Waals surface area contributed by atoms with Crippen molar-refractivity contribution in [2.75, 3.05) is 13.7 Å². The van der Waals surface area contributed by atoms with Crippen molar-refractivity contribution >= 4 is 11.9 Å². The van der Waals surface area contributed by atoms with Crippen LogP contribution in [0.3, 0.4) is 0 Å². The third kappa shape index (κ3) is 3.51. The standard InChI is InChI=1S/C15H25NO4/c1-10(9-20-2)5-14(17)16-12-3-4-13(16)7-11(6-12)8-15(18)19/h10-13H,3-9H2,1-2H3,(H,18,19). The zero-order valence-corrected chi connectivity index (χ0v) is 12.4. The zero-order chi connectivity index (χ0) is 14.7. The summed E-state index contributed by atoms with van der Waals surface area (Å²) in [6, 6.07) is 0.528. The Morgan fingerprint density at radius 1 is 1.30 bits per heavy atom. The summed E-state index contributed by atoms with van der Waals surface area (Å²) in [7, 11) is 1.65. The number of piperidine rings is 1. The Balaban J connectivity index is 1.91. The first kappa shape index (κ1) is 15.3. The summed E-state index contributed by atoms with van der Waals surface area (Å²) in [5.41, 5.74) is 0. The van der Waals surface area contributed by atoms with E-state index in [-0.39, 0.29) is 36.2 Å². The van der Waals surface area contributed by atoms with Gasteiger partial charge in [0, 0.05) is 38.6 Å². The summed E-state index contributed by atoms with van der Waals surface area (Å²) >= 11 is 0. The van der Waals surface area contributed by atoms with Crippen molar-refractivity contribution < 1.29 is 19.4 Å². The largest absolute Gasteiger partial charge is 0.481 e. The normalized spacial score (nSPS) is 30.3. The van der Waals surface area contributed by atoms with E-state index in [1.54, 1.807) is 7.11 Å². The molecule has 2 fully saturated rings. The number of rotatable bonds is 6. The molecule has 2 aliphatic rings. The molecule has 0 aromatic rings. The van der Waals surface area contributed by atoms with Crippen molar-refractivity contribution in [1.82, 2.24) is 4.90 Å². The number of methoxy groups -OCH3 is 1. The number of fused-ring (bicyclic) bond motifs is 2. The molecule has 2 rings (SSSR count). The highest BCUT2D eigenvalue weighted by Crippen LogP contribution is 2.40. The molecule has 20 heavy (non-hydrogen) atoms. The van der Waals surface area contributed by atoms with Gasteiger partial charge in [-0.3, -0.25) is 9.59 Å². The lowest BCUT2D eigenvalue weighted by molar-refractivity contribution is -0.140. The Hall–Kier alpha value is -1.10. The maximum Gasteiger partial charge on any atom is 0.303 e. The third-order valence-corrected chi connectivity index (χ3v) is 4.56. The summed E-state index contributed by atoms with van der Waals surface area (Å²) < 4.78 is 5.09. The van der Waals surface area contributed by atoms with Gasteiger partial charge in [0.1, 0.15) is 0 Å². The summed E-state index contributed by atoms with van der Waals surface area (Å²) in [4.78, 5) is 25.3. The second-order valence-electron chi connectivity index (χ2n) is 6.39. The molecule has 0 saturated carbocycles. The first-order valence-corrected chi connectivity index (χ1v) is 7.53. The van der Waals surface area contributed by atoms with Gasteiger partial charge in [0.2, 0.25) is 5.91 Å². The summed E-state index contributed by atoms with van der Waals surface area (Å²) in [5, 5.41) is 8.92. The molecule has 3 unspecified atom stereocenters. The fourth-order valence-electron chi connectivity index (χ4n) is 3.86. The highest BCUT2D eigenvalue weighted by atomic mass is 16.5. The van der Waals surface area contributed by atoms with Gasteiger partial charge in [0.05, 0.1) is 0 Å². The number of hydrogen-bond acceptors (Lipinski definition) is 3. The maximum absolute atomic E-state index is 12.4. The number of ether oxygens (including phenoxy) is 1. The fraction of sp³-hybridized carbons (Fsp3) is 0.867. The van der Waals surface area contributed by atoms with E-state index in [2.05, 4.69) is 0 Å². The van der Waals surface area contributed by atoms with Crippen LogP contribution < -0.4 is 0 Å². The van der Waals surface area contributed by atoms with Gasteiger partial charge < -0.3 is 14.7 Å². The molecule has 5 heteroatoms. The maximum atomic E-state index is 12.4. The van der Waals surface area contributed by atoms with Crippen LogP contribution in [-0.4, -0.2) is 47.7 Å². The summed E-state index contributed by atoms with van der Waals surface area (Å²) in [6.07, 6.45) is 4.55. The number of amides is 1. The van der Waals surface area contributed by atoms with Crippen LogP contribution in [0, 0.1) is 11.8 Å². The first-order chi connectivity index (χ1) is 9.51. The quantitative estimate of drug-likeness (QED) is 0.808. The van der Waals surface area contributed by atoms with Crippen LogP contribution in [-0.2, 0) is 14.3 Å². The number of carboxylic acid groups (broad SMARTS) is 1. The van der Waals surface area contributed by atoms with E-state index in [4.69, 9.17) is 9.84 Å². The van der Waals surface area contributed by atoms with Gasteiger partial charge in [-0.2, -0.15) is 0 Å². The molecule has 2 saturated heterocycles. The summed E-state index contributed by atoms with van der Waals surface area (Å²) in [5.74, 6) is -0.0205. The molecular formula is C15H25NO4. The minimum Gasteiger partial charge on any atom is -0.481 e. The van der Waals surface area contributed by atoms with Gasteiger partial charge in [-0.15, -0.1) is 0 Å². The molecule has 2 bridgehead atoms. The lowest BCUT2D eigenvalue weighted by Crippen LogP contribution is -2.47. The number of aliphatic carboxylic acids is 1. The molecule has 5 nitrogen and oxygen atoms in total. The molecule has 0 aromatic carbocycles. The molecule has 0 aromatic heterocycles. The Kier molecular flexibility index (Phi) is 5.02. The van der Waals surface area contributed by atoms with Crippen molar-refractivity contribution in [2.45, 2.75) is 57.5 Å². The van der Waals surface area contributed by atoms with Crippen molar-refractivity contribution in [3.8, 4) is 0 Å². The van der Waals surface area contributed by atoms with Gasteiger partial charge in [-0.1, -0.05) is 6.92 Å². The molecule has 2 heterocycles. The molecule has 0 radical (unpaired) electrons. The van der Waals surface area contributed by atoms with Crippen LogP contribution in [0.2, 0.25) is 0 Å². The second kappa shape index (κ2) is 6.57. The predicted molar refractivity (Wildman–Crippen MR) is 74.3 cm³/mol. The monoisotopic (exact) mass is 283 g/mol. The van der Waals surface area contributed by atoms with E-state index in [1.165, 1.54) is 0 Å². The highest BCUT2D eigenvalue weighted by molar-refractivity contribution is 5.77. The third-order valence-electron chi connectivity index (χ3n) is 4.56. The van der Waals surface area contributed by atoms with Crippen molar-refractivity contribution in [1.29, 1.82) is 0 Å². The van der Waals surface area contributed by atoms with Crippen LogP contribution in [0.1, 0.15) is 45.4 Å². The Morgan fingerprint density at radius 3 is 2.40 bits per heavy atom. The van der Waals surface area contributed by atoms with E-state index in [9.17, 15) is 9.59 Å². The van der Waals surface area contributed by atoms with Crippen molar-refractivity contribution in [3.63, 3.8) is 0 Å². The van der Waals surface area contributed by atoms with Crippen LogP contribution in [0.25, 0.3) is 0 Å². The second-order valence-corrected chi connectivity index (χ2v) is 6.39. The number of hydrogen-bond donors (Lipinski definition) is 1. The lowest BCUT2D eigenvalue weighted by Gasteiger charge is -2.39. The molecule has 114 valence electrons. The highest BCUT2D eigenvalue weighted by Gasteiger charge is 2.43. The Labute approximate surface area is 120 Å². The molecule has 3 atom stereocenters. The molecule has 1 N–H and O–H groups in total. The SMILES string of the molecule is COCC(C)CC(=O)N1C2CCC1CC(CC(=O)O)C2. The first-order valence-electron chi connectivity index (χ1n) is 7.53. The summed E-state index contributed by atoms with van der Waals surface area (Å²) in [6.45, 7) is 2.64. The molecule has 0 aliphatic carbocycles. The Morgan fingerprint density at radius 2 is 1.90 bits per heavy atom. The number of carbonyl (C=O) groups is 2. The number of nitrogens with zero attached hydrogens (tertiary/aromatic N) is 1. The topological polar surface area (TPSA) is 66.8 Å². The average Bonchev–Trinajstić information content (AvgIpc) is 2.61. The van der Waals surface area contributed by atoms with E-state index in [0.29, 0.717) is 13.0 Å². The van der Waals surface area contributed by atoms with Crippen LogP contribution in [0.4, 0.5) is 0 Å². The lowest BCUT2D eigenvalue weighted by atomic mass is 9.87. The van der Waals surface area contributed by atoms with E-state index in [0.717, 1.165) is 25.7 Å². The van der Waals surface area contributed by atoms with E-state index < -0.39 is 5.97 Å². The number of carboxylic acids is 1. The van der Waals surface area contributed by atoms with Crippen molar-refractivity contribution in [2.24, 2.45) is 11.8 Å².